The van der Waals surface area contributed by atoms with Gasteiger partial charge in [-0.1, -0.05) is 18.9 Å². The fraction of sp³-hybridized carbons (Fsp3) is 0.533. The van der Waals surface area contributed by atoms with Crippen LogP contribution in [0.4, 0.5) is 22.0 Å². The summed E-state index contributed by atoms with van der Waals surface area (Å²) >= 11 is 1.36. The van der Waals surface area contributed by atoms with Gasteiger partial charge < -0.3 is 10.0 Å². The second-order valence-corrected chi connectivity index (χ2v) is 11.3. The molecule has 1 aliphatic carbocycles. The molecule has 2 aromatic rings. The molecule has 2 aromatic carbocycles. The number of hydrogen-bond donors (Lipinski definition) is 1. The summed E-state index contributed by atoms with van der Waals surface area (Å²) in [7, 11) is 2.05. The number of hydrogen-bond acceptors (Lipinski definition) is 3. The minimum Gasteiger partial charge on any atom is -0.508 e. The Hall–Kier alpha value is -2.06. The van der Waals surface area contributed by atoms with Crippen LogP contribution in [0.5, 0.6) is 5.75 Å². The summed E-state index contributed by atoms with van der Waals surface area (Å²) in [5, 5.41) is 10.00. The Morgan fingerprint density at radius 1 is 0.868 bits per heavy atom. The number of phenols is 1. The van der Waals surface area contributed by atoms with Crippen molar-refractivity contribution in [3.8, 4) is 5.75 Å². The van der Waals surface area contributed by atoms with E-state index in [0.717, 1.165) is 105 Å². The van der Waals surface area contributed by atoms with Crippen LogP contribution in [0.25, 0.3) is 11.1 Å². The lowest BCUT2D eigenvalue weighted by molar-refractivity contribution is -0.129. The third-order valence-corrected chi connectivity index (χ3v) is 8.01. The van der Waals surface area contributed by atoms with Gasteiger partial charge in [0, 0.05) is 11.8 Å². The topological polar surface area (TPSA) is 23.5 Å². The quantitative estimate of drug-likeness (QED) is 0.186. The first kappa shape index (κ1) is 30.5. The first-order chi connectivity index (χ1) is 18.1. The standard InChI is InChI=1S/C30H38F5NOS/c1-36(15-7-16-38-17-13-30(33,34)35)14-5-3-2-4-9-29-27(23-18-24(31)21-25(32)19-23)10-6-8-22-20-26(37)11-12-28(22)29/h11-12,18-21,37H,2-10,13-17H2,1H3. The number of phenolic OH excluding ortho intramolecular Hbond substituents is 1. The Balaban J connectivity index is 1.50. The second-order valence-electron chi connectivity index (χ2n) is 10.1. The third kappa shape index (κ3) is 10.3. The van der Waals surface area contributed by atoms with E-state index in [1.165, 1.54) is 23.9 Å². The predicted molar refractivity (Wildman–Crippen MR) is 147 cm³/mol. The van der Waals surface area contributed by atoms with Crippen LogP contribution in [0, 0.1) is 11.6 Å². The molecule has 0 spiro atoms. The number of allylic oxidation sites excluding steroid dienone is 2. The van der Waals surface area contributed by atoms with Crippen LogP contribution in [0.15, 0.2) is 36.4 Å². The van der Waals surface area contributed by atoms with Crippen molar-refractivity contribution < 1.29 is 27.1 Å². The van der Waals surface area contributed by atoms with Gasteiger partial charge in [0.1, 0.15) is 17.4 Å². The van der Waals surface area contributed by atoms with Crippen molar-refractivity contribution in [1.82, 2.24) is 4.90 Å². The van der Waals surface area contributed by atoms with Crippen LogP contribution in [0.1, 0.15) is 74.5 Å². The van der Waals surface area contributed by atoms with Crippen molar-refractivity contribution in [3.05, 3.63) is 64.7 Å². The Kier molecular flexibility index (Phi) is 12.0. The molecule has 0 bridgehead atoms. The number of nitrogens with zero attached hydrogens (tertiary/aromatic N) is 1. The summed E-state index contributed by atoms with van der Waals surface area (Å²) in [5.74, 6) is -0.0539. The zero-order valence-electron chi connectivity index (χ0n) is 22.1. The monoisotopic (exact) mass is 555 g/mol. The van der Waals surface area contributed by atoms with Crippen molar-refractivity contribution in [3.63, 3.8) is 0 Å². The largest absolute Gasteiger partial charge is 0.508 e. The number of halogens is 5. The molecule has 38 heavy (non-hydrogen) atoms. The molecule has 8 heteroatoms. The first-order valence-corrected chi connectivity index (χ1v) is 14.6. The molecule has 1 aliphatic rings. The lowest BCUT2D eigenvalue weighted by Crippen LogP contribution is -2.21. The first-order valence-electron chi connectivity index (χ1n) is 13.5. The number of rotatable bonds is 14. The van der Waals surface area contributed by atoms with Gasteiger partial charge in [0.05, 0.1) is 6.42 Å². The lowest BCUT2D eigenvalue weighted by atomic mass is 9.89. The molecular formula is C30H38F5NOS. The number of unbranched alkanes of at least 4 members (excludes halogenated alkanes) is 3. The highest BCUT2D eigenvalue weighted by Crippen LogP contribution is 2.40. The summed E-state index contributed by atoms with van der Waals surface area (Å²) in [6, 6.07) is 9.13. The highest BCUT2D eigenvalue weighted by molar-refractivity contribution is 7.99. The molecular weight excluding hydrogens is 517 g/mol. The van der Waals surface area contributed by atoms with E-state index in [9.17, 15) is 27.1 Å². The normalized spacial score (nSPS) is 14.2. The van der Waals surface area contributed by atoms with Crippen molar-refractivity contribution in [2.24, 2.45) is 0 Å². The van der Waals surface area contributed by atoms with Gasteiger partial charge in [-0.05, 0) is 123 Å². The fourth-order valence-electron chi connectivity index (χ4n) is 5.06. The van der Waals surface area contributed by atoms with Gasteiger partial charge in [-0.3, -0.25) is 0 Å². The summed E-state index contributed by atoms with van der Waals surface area (Å²) in [6.07, 6.45) is 3.37. The minimum absolute atomic E-state index is 0.130. The summed E-state index contributed by atoms with van der Waals surface area (Å²) in [5.41, 5.74) is 4.83. The molecule has 0 heterocycles. The van der Waals surface area contributed by atoms with Gasteiger partial charge >= 0.3 is 6.18 Å². The van der Waals surface area contributed by atoms with Gasteiger partial charge in [-0.15, -0.1) is 0 Å². The van der Waals surface area contributed by atoms with E-state index in [-0.39, 0.29) is 11.5 Å². The Bertz CT molecular complexity index is 1050. The van der Waals surface area contributed by atoms with Gasteiger partial charge in [0.25, 0.3) is 0 Å². The van der Waals surface area contributed by atoms with Gasteiger partial charge in [-0.2, -0.15) is 24.9 Å². The Morgan fingerprint density at radius 3 is 2.32 bits per heavy atom. The smallest absolute Gasteiger partial charge is 0.389 e. The molecule has 0 saturated heterocycles. The van der Waals surface area contributed by atoms with Gasteiger partial charge in [0.15, 0.2) is 0 Å². The molecule has 0 fully saturated rings. The molecule has 0 aliphatic heterocycles. The predicted octanol–water partition coefficient (Wildman–Crippen LogP) is 8.88. The van der Waals surface area contributed by atoms with Crippen molar-refractivity contribution in [1.29, 1.82) is 0 Å². The van der Waals surface area contributed by atoms with Crippen LogP contribution in [-0.4, -0.2) is 47.8 Å². The van der Waals surface area contributed by atoms with E-state index in [2.05, 4.69) is 4.90 Å². The van der Waals surface area contributed by atoms with Crippen LogP contribution in [0.3, 0.4) is 0 Å². The summed E-state index contributed by atoms with van der Waals surface area (Å²) < 4.78 is 64.7. The van der Waals surface area contributed by atoms with E-state index in [4.69, 9.17) is 0 Å². The molecule has 0 radical (unpaired) electrons. The molecule has 0 unspecified atom stereocenters. The van der Waals surface area contributed by atoms with Crippen LogP contribution in [0.2, 0.25) is 0 Å². The average Bonchev–Trinajstić information content (AvgIpc) is 3.01. The third-order valence-electron chi connectivity index (χ3n) is 6.94. The van der Waals surface area contributed by atoms with Crippen LogP contribution in [-0.2, 0) is 6.42 Å². The Morgan fingerprint density at radius 2 is 1.58 bits per heavy atom. The van der Waals surface area contributed by atoms with E-state index in [0.29, 0.717) is 5.56 Å². The molecule has 0 atom stereocenters. The van der Waals surface area contributed by atoms with Gasteiger partial charge in [0.2, 0.25) is 0 Å². The van der Waals surface area contributed by atoms with Crippen molar-refractivity contribution in [2.45, 2.75) is 70.4 Å². The summed E-state index contributed by atoms with van der Waals surface area (Å²) in [4.78, 5) is 2.23. The van der Waals surface area contributed by atoms with Gasteiger partial charge in [-0.25, -0.2) is 8.78 Å². The van der Waals surface area contributed by atoms with E-state index >= 15 is 0 Å². The van der Waals surface area contributed by atoms with E-state index < -0.39 is 24.2 Å². The maximum atomic E-state index is 14.1. The number of aryl methyl sites for hydroxylation is 1. The maximum Gasteiger partial charge on any atom is 0.389 e. The zero-order valence-corrected chi connectivity index (χ0v) is 22.9. The molecule has 210 valence electrons. The van der Waals surface area contributed by atoms with Crippen molar-refractivity contribution in [2.75, 3.05) is 31.6 Å². The minimum atomic E-state index is -4.07. The second kappa shape index (κ2) is 14.9. The van der Waals surface area contributed by atoms with Crippen LogP contribution >= 0.6 is 11.8 Å². The highest BCUT2D eigenvalue weighted by atomic mass is 32.2. The van der Waals surface area contributed by atoms with Crippen molar-refractivity contribution >= 4 is 22.9 Å². The molecule has 3 rings (SSSR count). The summed E-state index contributed by atoms with van der Waals surface area (Å²) in [6.45, 7) is 1.83. The number of thioether (sulfide) groups is 1. The number of benzene rings is 2. The van der Waals surface area contributed by atoms with Crippen LogP contribution < -0.4 is 0 Å². The molecule has 2 nitrogen and oxygen atoms in total. The SMILES string of the molecule is CN(CCCCCCC1=C(c2cc(F)cc(F)c2)CCCc2cc(O)ccc21)CCCSCCC(F)(F)F. The fourth-order valence-corrected chi connectivity index (χ4v) is 5.97. The van der Waals surface area contributed by atoms with E-state index in [1.807, 2.05) is 13.1 Å². The Labute approximate surface area is 227 Å². The number of aromatic hydroxyl groups is 1. The molecule has 1 N–H and O–H groups in total. The average molecular weight is 556 g/mol. The maximum absolute atomic E-state index is 14.1. The number of alkyl halides is 3. The number of fused-ring (bicyclic) bond motifs is 1. The highest BCUT2D eigenvalue weighted by Gasteiger charge is 2.26. The molecule has 0 aromatic heterocycles. The molecule has 0 saturated carbocycles. The molecule has 0 amide bonds. The lowest BCUT2D eigenvalue weighted by Gasteiger charge is -2.18. The van der Waals surface area contributed by atoms with E-state index in [1.54, 1.807) is 12.1 Å². The zero-order chi connectivity index (χ0) is 27.5.